The SMILES string of the molecule is FC(F)CCNc1ccc2cnc(Cl)cc2c1. The van der Waals surface area contributed by atoms with Crippen molar-refractivity contribution in [2.45, 2.75) is 12.8 Å². The molecule has 0 radical (unpaired) electrons. The van der Waals surface area contributed by atoms with E-state index < -0.39 is 6.43 Å². The molecule has 2 rings (SSSR count). The van der Waals surface area contributed by atoms with Gasteiger partial charge < -0.3 is 5.32 Å². The predicted octanol–water partition coefficient (Wildman–Crippen LogP) is 3.96. The lowest BCUT2D eigenvalue weighted by Crippen LogP contribution is -2.05. The number of rotatable bonds is 4. The van der Waals surface area contributed by atoms with Crippen LogP contribution in [0.25, 0.3) is 10.8 Å². The number of halogens is 3. The lowest BCUT2D eigenvalue weighted by atomic mass is 10.1. The quantitative estimate of drug-likeness (QED) is 0.838. The molecule has 17 heavy (non-hydrogen) atoms. The monoisotopic (exact) mass is 256 g/mol. The predicted molar refractivity (Wildman–Crippen MR) is 65.9 cm³/mol. The topological polar surface area (TPSA) is 24.9 Å². The van der Waals surface area contributed by atoms with Gasteiger partial charge in [-0.05, 0) is 23.6 Å². The van der Waals surface area contributed by atoms with E-state index in [1.807, 2.05) is 18.2 Å². The summed E-state index contributed by atoms with van der Waals surface area (Å²) in [5.74, 6) is 0. The summed E-state index contributed by atoms with van der Waals surface area (Å²) in [7, 11) is 0. The zero-order valence-corrected chi connectivity index (χ0v) is 9.72. The first-order chi connectivity index (χ1) is 8.15. The molecule has 0 amide bonds. The molecule has 1 heterocycles. The molecule has 2 aromatic rings. The maximum absolute atomic E-state index is 12.0. The fourth-order valence-electron chi connectivity index (χ4n) is 1.55. The molecular weight excluding hydrogens is 246 g/mol. The van der Waals surface area contributed by atoms with E-state index in [0.29, 0.717) is 5.15 Å². The minimum Gasteiger partial charge on any atom is -0.385 e. The van der Waals surface area contributed by atoms with E-state index >= 15 is 0 Å². The van der Waals surface area contributed by atoms with Gasteiger partial charge in [0.25, 0.3) is 0 Å². The molecule has 0 aliphatic heterocycles. The number of aromatic nitrogens is 1. The molecule has 0 bridgehead atoms. The van der Waals surface area contributed by atoms with Crippen LogP contribution >= 0.6 is 11.6 Å². The fourth-order valence-corrected chi connectivity index (χ4v) is 1.72. The molecular formula is C12H11ClF2N2. The third-order valence-electron chi connectivity index (χ3n) is 2.38. The summed E-state index contributed by atoms with van der Waals surface area (Å²) in [6.45, 7) is 0.252. The minimum absolute atomic E-state index is 0.158. The smallest absolute Gasteiger partial charge is 0.240 e. The Morgan fingerprint density at radius 3 is 2.82 bits per heavy atom. The van der Waals surface area contributed by atoms with Crippen molar-refractivity contribution in [1.29, 1.82) is 0 Å². The Morgan fingerprint density at radius 2 is 2.06 bits per heavy atom. The first-order valence-electron chi connectivity index (χ1n) is 5.22. The zero-order chi connectivity index (χ0) is 12.3. The van der Waals surface area contributed by atoms with Gasteiger partial charge in [-0.2, -0.15) is 0 Å². The van der Waals surface area contributed by atoms with Crippen LogP contribution in [0.4, 0.5) is 14.5 Å². The van der Waals surface area contributed by atoms with Crippen molar-refractivity contribution in [3.63, 3.8) is 0 Å². The van der Waals surface area contributed by atoms with Gasteiger partial charge in [0.1, 0.15) is 5.15 Å². The summed E-state index contributed by atoms with van der Waals surface area (Å²) < 4.78 is 24.0. The second-order valence-corrected chi connectivity index (χ2v) is 4.06. The molecule has 0 aliphatic rings. The summed E-state index contributed by atoms with van der Waals surface area (Å²) in [6.07, 6.45) is -0.753. The standard InChI is InChI=1S/C12H11ClF2N2/c13-11-6-9-5-10(16-4-3-12(14)15)2-1-8(9)7-17-11/h1-2,5-7,12,16H,3-4H2. The Kier molecular flexibility index (Phi) is 3.74. The van der Waals surface area contributed by atoms with Crippen molar-refractivity contribution in [2.24, 2.45) is 0 Å². The normalized spacial score (nSPS) is 11.1. The van der Waals surface area contributed by atoms with Gasteiger partial charge in [-0.25, -0.2) is 13.8 Å². The van der Waals surface area contributed by atoms with E-state index in [-0.39, 0.29) is 13.0 Å². The highest BCUT2D eigenvalue weighted by Crippen LogP contribution is 2.21. The van der Waals surface area contributed by atoms with Crippen molar-refractivity contribution in [1.82, 2.24) is 4.98 Å². The number of nitrogens with zero attached hydrogens (tertiary/aromatic N) is 1. The van der Waals surface area contributed by atoms with Crippen LogP contribution in [0.15, 0.2) is 30.5 Å². The third kappa shape index (κ3) is 3.27. The van der Waals surface area contributed by atoms with Gasteiger partial charge in [0.2, 0.25) is 6.43 Å². The minimum atomic E-state index is -2.28. The van der Waals surface area contributed by atoms with E-state index in [9.17, 15) is 8.78 Å². The van der Waals surface area contributed by atoms with Crippen molar-refractivity contribution in [3.05, 3.63) is 35.6 Å². The second-order valence-electron chi connectivity index (χ2n) is 3.68. The van der Waals surface area contributed by atoms with E-state index in [1.165, 1.54) is 0 Å². The van der Waals surface area contributed by atoms with Crippen molar-refractivity contribution >= 4 is 28.1 Å². The first kappa shape index (κ1) is 12.0. The largest absolute Gasteiger partial charge is 0.385 e. The van der Waals surface area contributed by atoms with Crippen LogP contribution in [0, 0.1) is 0 Å². The van der Waals surface area contributed by atoms with Gasteiger partial charge in [0.15, 0.2) is 0 Å². The Bertz CT molecular complexity index is 517. The van der Waals surface area contributed by atoms with Crippen LogP contribution in [0.2, 0.25) is 5.15 Å². The second kappa shape index (κ2) is 5.27. The van der Waals surface area contributed by atoms with Crippen LogP contribution in [-0.4, -0.2) is 18.0 Å². The molecule has 0 unspecified atom stereocenters. The number of anilines is 1. The van der Waals surface area contributed by atoms with Crippen molar-refractivity contribution in [3.8, 4) is 0 Å². The van der Waals surface area contributed by atoms with Crippen LogP contribution in [0.5, 0.6) is 0 Å². The molecule has 90 valence electrons. The van der Waals surface area contributed by atoms with E-state index in [0.717, 1.165) is 16.5 Å². The molecule has 0 atom stereocenters. The Hall–Kier alpha value is -1.42. The summed E-state index contributed by atoms with van der Waals surface area (Å²) in [6, 6.07) is 7.33. The number of hydrogen-bond donors (Lipinski definition) is 1. The van der Waals surface area contributed by atoms with E-state index in [1.54, 1.807) is 12.3 Å². The van der Waals surface area contributed by atoms with E-state index in [4.69, 9.17) is 11.6 Å². The average Bonchev–Trinajstić information content (AvgIpc) is 2.28. The van der Waals surface area contributed by atoms with Gasteiger partial charge in [-0.3, -0.25) is 0 Å². The first-order valence-corrected chi connectivity index (χ1v) is 5.60. The molecule has 0 saturated carbocycles. The summed E-state index contributed by atoms with van der Waals surface area (Å²) in [5, 5.41) is 5.27. The third-order valence-corrected chi connectivity index (χ3v) is 2.59. The molecule has 1 aromatic heterocycles. The average molecular weight is 257 g/mol. The zero-order valence-electron chi connectivity index (χ0n) is 8.96. The molecule has 0 fully saturated rings. The lowest BCUT2D eigenvalue weighted by Gasteiger charge is -2.07. The molecule has 0 saturated heterocycles. The summed E-state index contributed by atoms with van der Waals surface area (Å²) >= 11 is 5.79. The Morgan fingerprint density at radius 1 is 1.24 bits per heavy atom. The Labute approximate surface area is 103 Å². The highest BCUT2D eigenvalue weighted by atomic mass is 35.5. The lowest BCUT2D eigenvalue weighted by molar-refractivity contribution is 0.142. The molecule has 5 heteroatoms. The molecule has 1 N–H and O–H groups in total. The van der Waals surface area contributed by atoms with Crippen molar-refractivity contribution < 1.29 is 8.78 Å². The van der Waals surface area contributed by atoms with Crippen molar-refractivity contribution in [2.75, 3.05) is 11.9 Å². The van der Waals surface area contributed by atoms with Gasteiger partial charge in [-0.1, -0.05) is 17.7 Å². The van der Waals surface area contributed by atoms with Crippen LogP contribution in [0.1, 0.15) is 6.42 Å². The molecule has 2 nitrogen and oxygen atoms in total. The summed E-state index contributed by atoms with van der Waals surface area (Å²) in [5.41, 5.74) is 0.806. The maximum Gasteiger partial charge on any atom is 0.240 e. The highest BCUT2D eigenvalue weighted by molar-refractivity contribution is 6.30. The Balaban J connectivity index is 2.13. The highest BCUT2D eigenvalue weighted by Gasteiger charge is 2.02. The number of benzene rings is 1. The summed E-state index contributed by atoms with van der Waals surface area (Å²) in [4.78, 5) is 3.97. The number of hydrogen-bond acceptors (Lipinski definition) is 2. The van der Waals surface area contributed by atoms with Gasteiger partial charge in [0, 0.05) is 30.2 Å². The molecule has 0 aliphatic carbocycles. The van der Waals surface area contributed by atoms with Gasteiger partial charge in [0.05, 0.1) is 0 Å². The molecule has 0 spiro atoms. The van der Waals surface area contributed by atoms with Crippen LogP contribution in [-0.2, 0) is 0 Å². The molecule has 1 aromatic carbocycles. The maximum atomic E-state index is 12.0. The van der Waals surface area contributed by atoms with Crippen LogP contribution < -0.4 is 5.32 Å². The number of nitrogens with one attached hydrogen (secondary N) is 1. The number of alkyl halides is 2. The number of pyridine rings is 1. The van der Waals surface area contributed by atoms with Gasteiger partial charge in [-0.15, -0.1) is 0 Å². The fraction of sp³-hybridized carbons (Fsp3) is 0.250. The number of fused-ring (bicyclic) bond motifs is 1. The van der Waals surface area contributed by atoms with Crippen LogP contribution in [0.3, 0.4) is 0 Å². The van der Waals surface area contributed by atoms with Gasteiger partial charge >= 0.3 is 0 Å². The van der Waals surface area contributed by atoms with E-state index in [2.05, 4.69) is 10.3 Å².